The van der Waals surface area contributed by atoms with Crippen molar-refractivity contribution in [3.05, 3.63) is 52.7 Å². The number of hydrogen-bond acceptors (Lipinski definition) is 6. The lowest BCUT2D eigenvalue weighted by molar-refractivity contribution is -0.129. The van der Waals surface area contributed by atoms with Crippen LogP contribution in [0, 0.1) is 0 Å². The minimum Gasteiger partial charge on any atom is -0.484 e. The zero-order valence-electron chi connectivity index (χ0n) is 16.5. The van der Waals surface area contributed by atoms with E-state index >= 15 is 0 Å². The van der Waals surface area contributed by atoms with E-state index in [2.05, 4.69) is 21.6 Å². The number of morpholine rings is 1. The van der Waals surface area contributed by atoms with Gasteiger partial charge in [0.05, 0.1) is 19.3 Å². The predicted octanol–water partition coefficient (Wildman–Crippen LogP) is 1.82. The van der Waals surface area contributed by atoms with Crippen LogP contribution in [0.1, 0.15) is 17.8 Å². The predicted molar refractivity (Wildman–Crippen MR) is 112 cm³/mol. The van der Waals surface area contributed by atoms with Crippen LogP contribution >= 0.6 is 11.3 Å². The minimum atomic E-state index is -0.643. The number of nitrogens with zero attached hydrogens (tertiary/aromatic N) is 1. The van der Waals surface area contributed by atoms with Crippen LogP contribution in [0.3, 0.4) is 0 Å². The standard InChI is InChI=1S/C21H27N3O4S/c1-16(23-20(25)15-28-17-6-3-2-4-7-17)21(26)22-14-18(19-8-5-13-29-19)24-9-11-27-12-10-24/h2-8,13,16,18H,9-12,14-15H2,1H3,(H,22,26)(H,23,25). The third-order valence-electron chi connectivity index (χ3n) is 4.71. The maximum atomic E-state index is 12.5. The fourth-order valence-corrected chi connectivity index (χ4v) is 4.01. The molecule has 1 aromatic carbocycles. The summed E-state index contributed by atoms with van der Waals surface area (Å²) in [5.74, 6) is 0.0661. The summed E-state index contributed by atoms with van der Waals surface area (Å²) in [5, 5.41) is 7.70. The Morgan fingerprint density at radius 3 is 2.62 bits per heavy atom. The maximum absolute atomic E-state index is 12.5. The van der Waals surface area contributed by atoms with Gasteiger partial charge in [0, 0.05) is 24.5 Å². The van der Waals surface area contributed by atoms with Crippen molar-refractivity contribution in [1.82, 2.24) is 15.5 Å². The summed E-state index contributed by atoms with van der Waals surface area (Å²) in [6, 6.07) is 12.7. The van der Waals surface area contributed by atoms with Crippen LogP contribution in [0.25, 0.3) is 0 Å². The Hall–Kier alpha value is -2.42. The molecule has 0 aliphatic carbocycles. The van der Waals surface area contributed by atoms with Gasteiger partial charge in [-0.1, -0.05) is 24.3 Å². The van der Waals surface area contributed by atoms with Crippen LogP contribution in [0.2, 0.25) is 0 Å². The highest BCUT2D eigenvalue weighted by atomic mass is 32.1. The van der Waals surface area contributed by atoms with Crippen LogP contribution in [0.4, 0.5) is 0 Å². The topological polar surface area (TPSA) is 79.9 Å². The van der Waals surface area contributed by atoms with E-state index in [-0.39, 0.29) is 24.5 Å². The van der Waals surface area contributed by atoms with E-state index in [1.807, 2.05) is 29.6 Å². The molecular weight excluding hydrogens is 390 g/mol. The van der Waals surface area contributed by atoms with Crippen molar-refractivity contribution in [2.75, 3.05) is 39.5 Å². The summed E-state index contributed by atoms with van der Waals surface area (Å²) >= 11 is 1.68. The summed E-state index contributed by atoms with van der Waals surface area (Å²) < 4.78 is 10.9. The number of ether oxygens (including phenoxy) is 2. The molecular formula is C21H27N3O4S. The molecule has 0 radical (unpaired) electrons. The number of carbonyl (C=O) groups excluding carboxylic acids is 2. The SMILES string of the molecule is CC(NC(=O)COc1ccccc1)C(=O)NCC(c1cccs1)N1CCOCC1. The molecule has 2 atom stereocenters. The molecule has 1 aliphatic heterocycles. The lowest BCUT2D eigenvalue weighted by Gasteiger charge is -2.34. The molecule has 1 fully saturated rings. The number of benzene rings is 1. The Labute approximate surface area is 175 Å². The van der Waals surface area contributed by atoms with E-state index in [1.54, 1.807) is 30.4 Å². The van der Waals surface area contributed by atoms with E-state index in [1.165, 1.54) is 4.88 Å². The van der Waals surface area contributed by atoms with Gasteiger partial charge < -0.3 is 20.1 Å². The van der Waals surface area contributed by atoms with Gasteiger partial charge in [0.25, 0.3) is 5.91 Å². The number of rotatable bonds is 9. The summed E-state index contributed by atoms with van der Waals surface area (Å²) in [6.07, 6.45) is 0. The Morgan fingerprint density at radius 2 is 1.93 bits per heavy atom. The van der Waals surface area contributed by atoms with Crippen LogP contribution in [0.5, 0.6) is 5.75 Å². The zero-order chi connectivity index (χ0) is 20.5. The second-order valence-corrected chi connectivity index (χ2v) is 7.79. The van der Waals surface area contributed by atoms with Crippen molar-refractivity contribution >= 4 is 23.2 Å². The summed E-state index contributed by atoms with van der Waals surface area (Å²) in [4.78, 5) is 28.1. The normalized spacial score (nSPS) is 16.6. The molecule has 29 heavy (non-hydrogen) atoms. The first-order valence-electron chi connectivity index (χ1n) is 9.73. The molecule has 156 valence electrons. The van der Waals surface area contributed by atoms with Crippen molar-refractivity contribution in [2.45, 2.75) is 19.0 Å². The van der Waals surface area contributed by atoms with Crippen LogP contribution in [-0.2, 0) is 14.3 Å². The number of para-hydroxylation sites is 1. The Bertz CT molecular complexity index is 763. The molecule has 2 N–H and O–H groups in total. The number of amides is 2. The summed E-state index contributed by atoms with van der Waals surface area (Å²) in [6.45, 7) is 5.09. The summed E-state index contributed by atoms with van der Waals surface area (Å²) in [7, 11) is 0. The van der Waals surface area contributed by atoms with Gasteiger partial charge in [-0.25, -0.2) is 0 Å². The third-order valence-corrected chi connectivity index (χ3v) is 5.69. The van der Waals surface area contributed by atoms with Gasteiger partial charge in [-0.2, -0.15) is 0 Å². The van der Waals surface area contributed by atoms with E-state index in [4.69, 9.17) is 9.47 Å². The highest BCUT2D eigenvalue weighted by Crippen LogP contribution is 2.25. The van der Waals surface area contributed by atoms with Crippen LogP contribution < -0.4 is 15.4 Å². The highest BCUT2D eigenvalue weighted by molar-refractivity contribution is 7.10. The number of nitrogens with one attached hydrogen (secondary N) is 2. The lowest BCUT2D eigenvalue weighted by Crippen LogP contribution is -2.49. The molecule has 2 amide bonds. The average molecular weight is 418 g/mol. The first-order chi connectivity index (χ1) is 14.1. The van der Waals surface area contributed by atoms with Gasteiger partial charge in [0.1, 0.15) is 11.8 Å². The van der Waals surface area contributed by atoms with E-state index in [0.29, 0.717) is 25.5 Å². The quantitative estimate of drug-likeness (QED) is 0.651. The molecule has 1 saturated heterocycles. The number of hydrogen-bond donors (Lipinski definition) is 2. The fourth-order valence-electron chi connectivity index (χ4n) is 3.14. The molecule has 1 aromatic heterocycles. The maximum Gasteiger partial charge on any atom is 0.258 e. The molecule has 0 spiro atoms. The molecule has 2 heterocycles. The first kappa shape index (κ1) is 21.3. The van der Waals surface area contributed by atoms with Crippen molar-refractivity contribution < 1.29 is 19.1 Å². The molecule has 2 unspecified atom stereocenters. The highest BCUT2D eigenvalue weighted by Gasteiger charge is 2.25. The zero-order valence-corrected chi connectivity index (χ0v) is 17.3. The molecule has 3 rings (SSSR count). The second-order valence-electron chi connectivity index (χ2n) is 6.82. The fraction of sp³-hybridized carbons (Fsp3) is 0.429. The Kier molecular flexibility index (Phi) is 8.03. The molecule has 0 bridgehead atoms. The van der Waals surface area contributed by atoms with Crippen molar-refractivity contribution in [3.63, 3.8) is 0 Å². The first-order valence-corrected chi connectivity index (χ1v) is 10.6. The van der Waals surface area contributed by atoms with Gasteiger partial charge in [-0.15, -0.1) is 11.3 Å². The van der Waals surface area contributed by atoms with Gasteiger partial charge in [-0.3, -0.25) is 14.5 Å². The Morgan fingerprint density at radius 1 is 1.17 bits per heavy atom. The minimum absolute atomic E-state index is 0.104. The molecule has 8 heteroatoms. The number of carbonyl (C=O) groups is 2. The van der Waals surface area contributed by atoms with Gasteiger partial charge in [0.2, 0.25) is 5.91 Å². The smallest absolute Gasteiger partial charge is 0.258 e. The van der Waals surface area contributed by atoms with E-state index < -0.39 is 6.04 Å². The molecule has 0 saturated carbocycles. The average Bonchev–Trinajstić information content (AvgIpc) is 3.28. The Balaban J connectivity index is 1.46. The van der Waals surface area contributed by atoms with Crippen LogP contribution in [0.15, 0.2) is 47.8 Å². The van der Waals surface area contributed by atoms with Crippen molar-refractivity contribution in [3.8, 4) is 5.75 Å². The van der Waals surface area contributed by atoms with Crippen molar-refractivity contribution in [1.29, 1.82) is 0 Å². The largest absolute Gasteiger partial charge is 0.484 e. The van der Waals surface area contributed by atoms with Gasteiger partial charge >= 0.3 is 0 Å². The molecule has 7 nitrogen and oxygen atoms in total. The summed E-state index contributed by atoms with van der Waals surface area (Å²) in [5.41, 5.74) is 0. The van der Waals surface area contributed by atoms with Gasteiger partial charge in [-0.05, 0) is 30.5 Å². The van der Waals surface area contributed by atoms with Gasteiger partial charge in [0.15, 0.2) is 6.61 Å². The monoisotopic (exact) mass is 417 g/mol. The van der Waals surface area contributed by atoms with E-state index in [9.17, 15) is 9.59 Å². The second kappa shape index (κ2) is 10.9. The lowest BCUT2D eigenvalue weighted by atomic mass is 10.1. The molecule has 1 aliphatic rings. The van der Waals surface area contributed by atoms with Crippen LogP contribution in [-0.4, -0.2) is 62.2 Å². The van der Waals surface area contributed by atoms with E-state index in [0.717, 1.165) is 13.1 Å². The third kappa shape index (κ3) is 6.56. The van der Waals surface area contributed by atoms with Crippen molar-refractivity contribution in [2.24, 2.45) is 0 Å². The molecule has 2 aromatic rings. The number of thiophene rings is 1.